The second-order valence-electron chi connectivity index (χ2n) is 5.61. The molecule has 0 aliphatic carbocycles. The van der Waals surface area contributed by atoms with Crippen LogP contribution in [0.2, 0.25) is 5.02 Å². The molecule has 3 rings (SSSR count). The lowest BCUT2D eigenvalue weighted by molar-refractivity contribution is 0.207. The van der Waals surface area contributed by atoms with Crippen molar-refractivity contribution in [3.05, 3.63) is 46.2 Å². The number of anilines is 1. The average Bonchev–Trinajstić information content (AvgIpc) is 3.08. The highest BCUT2D eigenvalue weighted by Crippen LogP contribution is 2.35. The van der Waals surface area contributed by atoms with Crippen molar-refractivity contribution in [2.45, 2.75) is 32.7 Å². The van der Waals surface area contributed by atoms with Gasteiger partial charge in [0.25, 0.3) is 0 Å². The van der Waals surface area contributed by atoms with Crippen LogP contribution in [0.15, 0.2) is 24.3 Å². The van der Waals surface area contributed by atoms with Crippen LogP contribution in [0.1, 0.15) is 35.8 Å². The lowest BCUT2D eigenvalue weighted by atomic mass is 10.0. The number of aromatic amines is 1. The summed E-state index contributed by atoms with van der Waals surface area (Å²) in [7, 11) is 0. The normalized spacial score (nSPS) is 17.8. The molecule has 2 N–H and O–H groups in total. The Kier molecular flexibility index (Phi) is 4.07. The highest BCUT2D eigenvalue weighted by Gasteiger charge is 2.33. The number of rotatable bonds is 2. The van der Waals surface area contributed by atoms with Gasteiger partial charge < -0.3 is 10.2 Å². The number of aryl methyl sites for hydroxylation is 2. The number of H-pyrrole nitrogens is 1. The molecule has 1 aromatic carbocycles. The van der Waals surface area contributed by atoms with Crippen molar-refractivity contribution in [3.63, 3.8) is 0 Å². The van der Waals surface area contributed by atoms with Crippen LogP contribution in [0.3, 0.4) is 0 Å². The Morgan fingerprint density at radius 3 is 2.86 bits per heavy atom. The summed E-state index contributed by atoms with van der Waals surface area (Å²) in [6, 6.07) is 7.22. The first kappa shape index (κ1) is 14.9. The molecule has 0 spiro atoms. The predicted octanol–water partition coefficient (Wildman–Crippen LogP) is 4.05. The van der Waals surface area contributed by atoms with E-state index in [0.29, 0.717) is 10.7 Å². The number of nitrogens with zero attached hydrogens (tertiary/aromatic N) is 2. The third-order valence-corrected chi connectivity index (χ3v) is 4.48. The minimum atomic E-state index is -0.115. The molecule has 1 unspecified atom stereocenters. The topological polar surface area (TPSA) is 61.0 Å². The summed E-state index contributed by atoms with van der Waals surface area (Å²) >= 11 is 6.11. The van der Waals surface area contributed by atoms with Gasteiger partial charge in [0.2, 0.25) is 0 Å². The van der Waals surface area contributed by atoms with Gasteiger partial charge in [0.1, 0.15) is 0 Å². The molecule has 2 heterocycles. The standard InChI is InChI=1S/C16H19ClN4O/c1-10-15(11(2)20-19-10)14-8-5-9-21(14)16(22)18-13-7-4-3-6-12(13)17/h3-4,6-7,14H,5,8-9H2,1-2H3,(H,18,22)(H,19,20). The van der Waals surface area contributed by atoms with E-state index in [1.54, 1.807) is 12.1 Å². The Morgan fingerprint density at radius 1 is 1.41 bits per heavy atom. The van der Waals surface area contributed by atoms with Crippen molar-refractivity contribution in [3.8, 4) is 0 Å². The zero-order valence-corrected chi connectivity index (χ0v) is 13.4. The summed E-state index contributed by atoms with van der Waals surface area (Å²) in [5.41, 5.74) is 3.76. The molecule has 22 heavy (non-hydrogen) atoms. The fourth-order valence-corrected chi connectivity index (χ4v) is 3.29. The number of nitrogens with one attached hydrogen (secondary N) is 2. The van der Waals surface area contributed by atoms with Crippen LogP contribution in [0.5, 0.6) is 0 Å². The SMILES string of the molecule is Cc1n[nH]c(C)c1C1CCCN1C(=O)Nc1ccccc1Cl. The van der Waals surface area contributed by atoms with Gasteiger partial charge in [-0.1, -0.05) is 23.7 Å². The van der Waals surface area contributed by atoms with Gasteiger partial charge in [0.05, 0.1) is 22.4 Å². The molecule has 1 aliphatic rings. The second-order valence-corrected chi connectivity index (χ2v) is 6.02. The summed E-state index contributed by atoms with van der Waals surface area (Å²) in [6.45, 7) is 4.71. The molecule has 116 valence electrons. The molecular weight excluding hydrogens is 300 g/mol. The number of carbonyl (C=O) groups is 1. The van der Waals surface area contributed by atoms with E-state index in [4.69, 9.17) is 11.6 Å². The van der Waals surface area contributed by atoms with Gasteiger partial charge in [-0.25, -0.2) is 4.79 Å². The maximum absolute atomic E-state index is 12.6. The van der Waals surface area contributed by atoms with Crippen molar-refractivity contribution in [2.24, 2.45) is 0 Å². The summed E-state index contributed by atoms with van der Waals surface area (Å²) < 4.78 is 0. The minimum absolute atomic E-state index is 0.0706. The fourth-order valence-electron chi connectivity index (χ4n) is 3.11. The van der Waals surface area contributed by atoms with Crippen molar-refractivity contribution in [1.82, 2.24) is 15.1 Å². The first-order valence-electron chi connectivity index (χ1n) is 7.41. The molecule has 1 aromatic heterocycles. The first-order chi connectivity index (χ1) is 10.6. The van der Waals surface area contributed by atoms with Crippen LogP contribution in [-0.4, -0.2) is 27.7 Å². The lowest BCUT2D eigenvalue weighted by Crippen LogP contribution is -2.34. The largest absolute Gasteiger partial charge is 0.322 e. The highest BCUT2D eigenvalue weighted by molar-refractivity contribution is 6.33. The fraction of sp³-hybridized carbons (Fsp3) is 0.375. The monoisotopic (exact) mass is 318 g/mol. The smallest absolute Gasteiger partial charge is 0.317 e. The number of hydrogen-bond acceptors (Lipinski definition) is 2. The van der Waals surface area contributed by atoms with E-state index < -0.39 is 0 Å². The molecule has 5 nitrogen and oxygen atoms in total. The molecule has 1 atom stereocenters. The number of aromatic nitrogens is 2. The molecule has 1 aliphatic heterocycles. The molecular formula is C16H19ClN4O. The summed E-state index contributed by atoms with van der Waals surface area (Å²) in [6.07, 6.45) is 1.95. The van der Waals surface area contributed by atoms with Gasteiger partial charge in [0.15, 0.2) is 0 Å². The zero-order valence-electron chi connectivity index (χ0n) is 12.7. The van der Waals surface area contributed by atoms with E-state index in [-0.39, 0.29) is 12.1 Å². The third kappa shape index (κ3) is 2.68. The lowest BCUT2D eigenvalue weighted by Gasteiger charge is -2.25. The Labute approximate surface area is 134 Å². The summed E-state index contributed by atoms with van der Waals surface area (Å²) in [5.74, 6) is 0. The Bertz CT molecular complexity index is 678. The van der Waals surface area contributed by atoms with Gasteiger partial charge >= 0.3 is 6.03 Å². The molecule has 1 saturated heterocycles. The van der Waals surface area contributed by atoms with Gasteiger partial charge in [-0.15, -0.1) is 0 Å². The number of carbonyl (C=O) groups excluding carboxylic acids is 1. The van der Waals surface area contributed by atoms with Gasteiger partial charge in [-0.05, 0) is 38.8 Å². The first-order valence-corrected chi connectivity index (χ1v) is 7.79. The summed E-state index contributed by atoms with van der Waals surface area (Å²) in [4.78, 5) is 14.5. The highest BCUT2D eigenvalue weighted by atomic mass is 35.5. The Hall–Kier alpha value is -2.01. The van der Waals surface area contributed by atoms with E-state index in [1.807, 2.05) is 30.9 Å². The molecule has 0 radical (unpaired) electrons. The van der Waals surface area contributed by atoms with Gasteiger partial charge in [-0.3, -0.25) is 5.10 Å². The second kappa shape index (κ2) is 6.01. The van der Waals surface area contributed by atoms with E-state index in [0.717, 1.165) is 36.3 Å². The average molecular weight is 319 g/mol. The number of benzene rings is 1. The maximum atomic E-state index is 12.6. The van der Waals surface area contributed by atoms with E-state index in [9.17, 15) is 4.79 Å². The number of hydrogen-bond donors (Lipinski definition) is 2. The van der Waals surface area contributed by atoms with E-state index in [2.05, 4.69) is 15.5 Å². The maximum Gasteiger partial charge on any atom is 0.322 e. The van der Waals surface area contributed by atoms with Gasteiger partial charge in [0, 0.05) is 17.8 Å². The van der Waals surface area contributed by atoms with E-state index >= 15 is 0 Å². The molecule has 2 aromatic rings. The van der Waals surface area contributed by atoms with Crippen LogP contribution in [0, 0.1) is 13.8 Å². The quantitative estimate of drug-likeness (QED) is 0.877. The zero-order chi connectivity index (χ0) is 15.7. The van der Waals surface area contributed by atoms with Crippen LogP contribution >= 0.6 is 11.6 Å². The van der Waals surface area contributed by atoms with Crippen LogP contribution in [0.4, 0.5) is 10.5 Å². The van der Waals surface area contributed by atoms with Crippen molar-refractivity contribution >= 4 is 23.3 Å². The van der Waals surface area contributed by atoms with Gasteiger partial charge in [-0.2, -0.15) is 5.10 Å². The van der Waals surface area contributed by atoms with Crippen LogP contribution in [0.25, 0.3) is 0 Å². The van der Waals surface area contributed by atoms with Crippen LogP contribution < -0.4 is 5.32 Å². The van der Waals surface area contributed by atoms with Crippen LogP contribution in [-0.2, 0) is 0 Å². The number of halogens is 1. The van der Waals surface area contributed by atoms with E-state index in [1.165, 1.54) is 0 Å². The molecule has 6 heteroatoms. The number of likely N-dealkylation sites (tertiary alicyclic amines) is 1. The molecule has 2 amide bonds. The number of urea groups is 1. The van der Waals surface area contributed by atoms with Crippen molar-refractivity contribution < 1.29 is 4.79 Å². The Balaban J connectivity index is 1.81. The number of para-hydroxylation sites is 1. The summed E-state index contributed by atoms with van der Waals surface area (Å²) in [5, 5.41) is 10.7. The van der Waals surface area contributed by atoms with Crippen molar-refractivity contribution in [1.29, 1.82) is 0 Å². The minimum Gasteiger partial charge on any atom is -0.317 e. The molecule has 0 bridgehead atoms. The predicted molar refractivity (Wildman–Crippen MR) is 87.2 cm³/mol. The molecule has 0 saturated carbocycles. The Morgan fingerprint density at radius 2 is 2.18 bits per heavy atom. The van der Waals surface area contributed by atoms with Crippen molar-refractivity contribution in [2.75, 3.05) is 11.9 Å². The number of amides is 2. The third-order valence-electron chi connectivity index (χ3n) is 4.15. The molecule has 1 fully saturated rings.